The van der Waals surface area contributed by atoms with Gasteiger partial charge in [-0.2, -0.15) is 0 Å². The van der Waals surface area contributed by atoms with Crippen LogP contribution in [0, 0.1) is 0 Å². The normalized spacial score (nSPS) is 18.1. The molecular weight excluding hydrogens is 330 g/mol. The highest BCUT2D eigenvalue weighted by molar-refractivity contribution is 9.10. The Hall–Kier alpha value is -0.140. The second kappa shape index (κ2) is 4.51. The summed E-state index contributed by atoms with van der Waals surface area (Å²) in [6, 6.07) is 4.39. The first-order valence-corrected chi connectivity index (χ1v) is 7.64. The van der Waals surface area contributed by atoms with Gasteiger partial charge in [0.05, 0.1) is 22.1 Å². The molecule has 0 radical (unpaired) electrons. The van der Waals surface area contributed by atoms with Crippen LogP contribution in [0.25, 0.3) is 0 Å². The molecule has 1 aromatic carbocycles. The predicted molar refractivity (Wildman–Crippen MR) is 68.5 cm³/mol. The van der Waals surface area contributed by atoms with Crippen molar-refractivity contribution in [2.45, 2.75) is 23.3 Å². The van der Waals surface area contributed by atoms with E-state index in [2.05, 4.69) is 20.7 Å². The van der Waals surface area contributed by atoms with Crippen molar-refractivity contribution >= 4 is 37.6 Å². The number of sulfonamides is 1. The second-order valence-electron chi connectivity index (χ2n) is 4.12. The Bertz CT molecular complexity index is 542. The van der Waals surface area contributed by atoms with Gasteiger partial charge in [-0.25, -0.2) is 13.1 Å². The molecule has 0 aliphatic heterocycles. The summed E-state index contributed by atoms with van der Waals surface area (Å²) in [5.41, 5.74) is -0.662. The molecule has 94 valence electrons. The van der Waals surface area contributed by atoms with Crippen LogP contribution in [0.5, 0.6) is 0 Å². The lowest BCUT2D eigenvalue weighted by Crippen LogP contribution is -2.39. The molecule has 0 spiro atoms. The first-order valence-electron chi connectivity index (χ1n) is 4.98. The van der Waals surface area contributed by atoms with Crippen LogP contribution < -0.4 is 4.72 Å². The van der Waals surface area contributed by atoms with Gasteiger partial charge in [-0.15, -0.1) is 0 Å². The third-order valence-corrected chi connectivity index (χ3v) is 5.50. The smallest absolute Gasteiger partial charge is 0.241 e. The van der Waals surface area contributed by atoms with Crippen molar-refractivity contribution in [3.8, 4) is 0 Å². The van der Waals surface area contributed by atoms with Gasteiger partial charge < -0.3 is 5.11 Å². The van der Waals surface area contributed by atoms with Gasteiger partial charge in [-0.3, -0.25) is 0 Å². The van der Waals surface area contributed by atoms with Crippen molar-refractivity contribution in [1.29, 1.82) is 0 Å². The maximum absolute atomic E-state index is 12.0. The average molecular weight is 341 g/mol. The van der Waals surface area contributed by atoms with Gasteiger partial charge in [-0.1, -0.05) is 11.6 Å². The minimum atomic E-state index is -3.61. The number of aliphatic hydroxyl groups is 1. The first kappa shape index (κ1) is 13.3. The summed E-state index contributed by atoms with van der Waals surface area (Å²) in [5, 5.41) is 9.56. The van der Waals surface area contributed by atoms with Crippen molar-refractivity contribution < 1.29 is 13.5 Å². The van der Waals surface area contributed by atoms with Gasteiger partial charge in [0.2, 0.25) is 10.0 Å². The molecule has 0 saturated heterocycles. The van der Waals surface area contributed by atoms with E-state index in [1.54, 1.807) is 0 Å². The Kier molecular flexibility index (Phi) is 3.53. The largest absolute Gasteiger partial charge is 0.394 e. The minimum absolute atomic E-state index is 0.133. The molecule has 1 aliphatic rings. The lowest BCUT2D eigenvalue weighted by Gasteiger charge is -2.14. The molecule has 4 nitrogen and oxygen atoms in total. The zero-order valence-electron chi connectivity index (χ0n) is 8.78. The van der Waals surface area contributed by atoms with E-state index in [9.17, 15) is 8.42 Å². The molecule has 1 saturated carbocycles. The minimum Gasteiger partial charge on any atom is -0.394 e. The van der Waals surface area contributed by atoms with Gasteiger partial charge in [-0.05, 0) is 47.0 Å². The van der Waals surface area contributed by atoms with Crippen molar-refractivity contribution in [1.82, 2.24) is 4.72 Å². The highest BCUT2D eigenvalue weighted by atomic mass is 79.9. The van der Waals surface area contributed by atoms with Crippen LogP contribution in [0.3, 0.4) is 0 Å². The monoisotopic (exact) mass is 339 g/mol. The summed E-state index contributed by atoms with van der Waals surface area (Å²) < 4.78 is 27.1. The van der Waals surface area contributed by atoms with Crippen molar-refractivity contribution in [2.75, 3.05) is 6.61 Å². The summed E-state index contributed by atoms with van der Waals surface area (Å²) in [6.07, 6.45) is 1.33. The molecule has 7 heteroatoms. The van der Waals surface area contributed by atoms with Gasteiger partial charge in [0, 0.05) is 4.47 Å². The van der Waals surface area contributed by atoms with E-state index in [-0.39, 0.29) is 11.5 Å². The van der Waals surface area contributed by atoms with Crippen molar-refractivity contribution in [2.24, 2.45) is 0 Å². The van der Waals surface area contributed by atoms with Crippen LogP contribution >= 0.6 is 27.5 Å². The molecule has 1 aliphatic carbocycles. The lowest BCUT2D eigenvalue weighted by atomic mass is 10.3. The number of benzene rings is 1. The van der Waals surface area contributed by atoms with Crippen LogP contribution in [0.1, 0.15) is 12.8 Å². The molecule has 1 fully saturated rings. The number of nitrogens with one attached hydrogen (secondary N) is 1. The molecule has 2 rings (SSSR count). The Morgan fingerprint density at radius 1 is 1.47 bits per heavy atom. The topological polar surface area (TPSA) is 66.4 Å². The van der Waals surface area contributed by atoms with Gasteiger partial charge in [0.1, 0.15) is 0 Å². The Labute approximate surface area is 113 Å². The van der Waals surface area contributed by atoms with Crippen LogP contribution in [-0.2, 0) is 10.0 Å². The number of hydrogen-bond donors (Lipinski definition) is 2. The Morgan fingerprint density at radius 3 is 2.59 bits per heavy atom. The molecule has 2 N–H and O–H groups in total. The molecule has 17 heavy (non-hydrogen) atoms. The van der Waals surface area contributed by atoms with Gasteiger partial charge in [0.25, 0.3) is 0 Å². The zero-order valence-corrected chi connectivity index (χ0v) is 11.9. The van der Waals surface area contributed by atoms with Gasteiger partial charge >= 0.3 is 0 Å². The molecule has 0 heterocycles. The molecule has 0 atom stereocenters. The second-order valence-corrected chi connectivity index (χ2v) is 7.06. The maximum atomic E-state index is 12.0. The highest BCUT2D eigenvalue weighted by Gasteiger charge is 2.45. The molecule has 0 amide bonds. The van der Waals surface area contributed by atoms with Crippen LogP contribution in [-0.4, -0.2) is 25.7 Å². The number of aliphatic hydroxyl groups excluding tert-OH is 1. The average Bonchev–Trinajstić information content (AvgIpc) is 3.02. The van der Waals surface area contributed by atoms with E-state index in [1.165, 1.54) is 18.2 Å². The van der Waals surface area contributed by atoms with Crippen LogP contribution in [0.2, 0.25) is 5.02 Å². The SMILES string of the molecule is O=S(=O)(NC1(CO)CC1)c1ccc(Cl)c(Br)c1. The number of rotatable bonds is 4. The molecule has 0 aromatic heterocycles. The predicted octanol–water partition coefficient (Wildman–Crippen LogP) is 1.91. The lowest BCUT2D eigenvalue weighted by molar-refractivity contribution is 0.246. The fourth-order valence-electron chi connectivity index (χ4n) is 1.43. The van der Waals surface area contributed by atoms with Crippen LogP contribution in [0.4, 0.5) is 0 Å². The summed E-state index contributed by atoms with van der Waals surface area (Å²) in [7, 11) is -3.61. The van der Waals surface area contributed by atoms with E-state index in [0.29, 0.717) is 22.3 Å². The third-order valence-electron chi connectivity index (χ3n) is 2.71. The Balaban J connectivity index is 2.29. The van der Waals surface area contributed by atoms with Crippen molar-refractivity contribution in [3.05, 3.63) is 27.7 Å². The van der Waals surface area contributed by atoms with E-state index in [4.69, 9.17) is 16.7 Å². The highest BCUT2D eigenvalue weighted by Crippen LogP contribution is 2.36. The Morgan fingerprint density at radius 2 is 2.12 bits per heavy atom. The fourth-order valence-corrected chi connectivity index (χ4v) is 3.56. The zero-order chi connectivity index (χ0) is 12.7. The van der Waals surface area contributed by atoms with Crippen molar-refractivity contribution in [3.63, 3.8) is 0 Å². The van der Waals surface area contributed by atoms with E-state index in [1.807, 2.05) is 0 Å². The van der Waals surface area contributed by atoms with Crippen LogP contribution in [0.15, 0.2) is 27.6 Å². The summed E-state index contributed by atoms with van der Waals surface area (Å²) in [6.45, 7) is -0.180. The summed E-state index contributed by atoms with van der Waals surface area (Å²) >= 11 is 8.98. The standard InChI is InChI=1S/C10H11BrClNO3S/c11-8-5-7(1-2-9(8)12)17(15,16)13-10(6-14)3-4-10/h1-2,5,13-14H,3-4,6H2. The van der Waals surface area contributed by atoms with E-state index >= 15 is 0 Å². The number of halogens is 2. The third kappa shape index (κ3) is 2.82. The summed E-state index contributed by atoms with van der Waals surface area (Å²) in [5.74, 6) is 0. The number of hydrogen-bond acceptors (Lipinski definition) is 3. The quantitative estimate of drug-likeness (QED) is 0.880. The van der Waals surface area contributed by atoms with E-state index in [0.717, 1.165) is 0 Å². The molecule has 0 unspecified atom stereocenters. The molecule has 1 aromatic rings. The van der Waals surface area contributed by atoms with E-state index < -0.39 is 15.6 Å². The summed E-state index contributed by atoms with van der Waals surface area (Å²) in [4.78, 5) is 0.133. The van der Waals surface area contributed by atoms with Gasteiger partial charge in [0.15, 0.2) is 0 Å². The maximum Gasteiger partial charge on any atom is 0.241 e. The molecule has 0 bridgehead atoms. The molecular formula is C10H11BrClNO3S. The fraction of sp³-hybridized carbons (Fsp3) is 0.400. The first-order chi connectivity index (χ1) is 7.88.